The van der Waals surface area contributed by atoms with Crippen LogP contribution in [0.2, 0.25) is 0 Å². The highest BCUT2D eigenvalue weighted by molar-refractivity contribution is 5.49. The van der Waals surface area contributed by atoms with Gasteiger partial charge in [0.1, 0.15) is 6.29 Å². The molecular formula is C7H14O3. The van der Waals surface area contributed by atoms with Crippen LogP contribution in [0.5, 0.6) is 0 Å². The average molecular weight is 146 g/mol. The highest BCUT2D eigenvalue weighted by Crippen LogP contribution is 2.03. The zero-order valence-corrected chi connectivity index (χ0v) is 6.16. The molecule has 3 nitrogen and oxygen atoms in total. The van der Waals surface area contributed by atoms with Crippen molar-refractivity contribution in [3.05, 3.63) is 0 Å². The van der Waals surface area contributed by atoms with Crippen molar-refractivity contribution in [3.63, 3.8) is 0 Å². The molecule has 0 spiro atoms. The van der Waals surface area contributed by atoms with Gasteiger partial charge in [0.05, 0.1) is 12.2 Å². The highest BCUT2D eigenvalue weighted by atomic mass is 16.3. The van der Waals surface area contributed by atoms with Gasteiger partial charge < -0.3 is 15.0 Å². The van der Waals surface area contributed by atoms with Gasteiger partial charge in [-0.05, 0) is 12.8 Å². The van der Waals surface area contributed by atoms with E-state index in [0.29, 0.717) is 19.1 Å². The van der Waals surface area contributed by atoms with E-state index < -0.39 is 12.2 Å². The molecule has 0 aromatic carbocycles. The van der Waals surface area contributed by atoms with Gasteiger partial charge in [-0.1, -0.05) is 6.92 Å². The fourth-order valence-electron chi connectivity index (χ4n) is 0.688. The van der Waals surface area contributed by atoms with Crippen LogP contribution in [0.15, 0.2) is 0 Å². The van der Waals surface area contributed by atoms with Crippen molar-refractivity contribution in [2.75, 3.05) is 0 Å². The molecule has 0 aromatic heterocycles. The lowest BCUT2D eigenvalue weighted by Gasteiger charge is -2.10. The van der Waals surface area contributed by atoms with Crippen molar-refractivity contribution in [2.24, 2.45) is 0 Å². The SMILES string of the molecule is CCC(O)CC(O)CC=O. The summed E-state index contributed by atoms with van der Waals surface area (Å²) in [5.74, 6) is 0. The van der Waals surface area contributed by atoms with Crippen LogP contribution in [0.1, 0.15) is 26.2 Å². The molecular weight excluding hydrogens is 132 g/mol. The lowest BCUT2D eigenvalue weighted by molar-refractivity contribution is -0.109. The van der Waals surface area contributed by atoms with Crippen LogP contribution in [0.4, 0.5) is 0 Å². The number of carbonyl (C=O) groups excluding carboxylic acids is 1. The Hall–Kier alpha value is -0.410. The maximum atomic E-state index is 9.84. The summed E-state index contributed by atoms with van der Waals surface area (Å²) in [5, 5.41) is 17.9. The Bertz CT molecular complexity index is 92.9. The maximum Gasteiger partial charge on any atom is 0.122 e. The molecule has 0 aliphatic rings. The molecule has 0 radical (unpaired) electrons. The van der Waals surface area contributed by atoms with E-state index in [4.69, 9.17) is 10.2 Å². The molecule has 2 unspecified atom stereocenters. The van der Waals surface area contributed by atoms with Gasteiger partial charge in [-0.15, -0.1) is 0 Å². The third kappa shape index (κ3) is 4.47. The minimum atomic E-state index is -0.674. The number of hydrogen-bond acceptors (Lipinski definition) is 3. The Labute approximate surface area is 60.7 Å². The normalized spacial score (nSPS) is 16.3. The summed E-state index contributed by atoms with van der Waals surface area (Å²) >= 11 is 0. The summed E-state index contributed by atoms with van der Waals surface area (Å²) < 4.78 is 0. The second-order valence-electron chi connectivity index (χ2n) is 2.35. The van der Waals surface area contributed by atoms with E-state index in [1.165, 1.54) is 0 Å². The molecule has 0 fully saturated rings. The van der Waals surface area contributed by atoms with Crippen molar-refractivity contribution < 1.29 is 15.0 Å². The van der Waals surface area contributed by atoms with Gasteiger partial charge in [0.25, 0.3) is 0 Å². The third-order valence-electron chi connectivity index (χ3n) is 1.38. The zero-order valence-electron chi connectivity index (χ0n) is 6.16. The maximum absolute atomic E-state index is 9.84. The Balaban J connectivity index is 3.35. The quantitative estimate of drug-likeness (QED) is 0.541. The van der Waals surface area contributed by atoms with Gasteiger partial charge in [-0.25, -0.2) is 0 Å². The molecule has 0 amide bonds. The van der Waals surface area contributed by atoms with E-state index in [-0.39, 0.29) is 6.42 Å². The topological polar surface area (TPSA) is 57.5 Å². The van der Waals surface area contributed by atoms with E-state index in [0.717, 1.165) is 0 Å². The second-order valence-corrected chi connectivity index (χ2v) is 2.35. The Kier molecular flexibility index (Phi) is 5.16. The fourth-order valence-corrected chi connectivity index (χ4v) is 0.688. The Morgan fingerprint density at radius 1 is 1.40 bits per heavy atom. The van der Waals surface area contributed by atoms with Gasteiger partial charge in [0, 0.05) is 6.42 Å². The monoisotopic (exact) mass is 146 g/mol. The van der Waals surface area contributed by atoms with Crippen LogP contribution >= 0.6 is 0 Å². The van der Waals surface area contributed by atoms with Gasteiger partial charge >= 0.3 is 0 Å². The Morgan fingerprint density at radius 3 is 2.40 bits per heavy atom. The first-order valence-corrected chi connectivity index (χ1v) is 3.50. The van der Waals surface area contributed by atoms with Gasteiger partial charge in [0.2, 0.25) is 0 Å². The third-order valence-corrected chi connectivity index (χ3v) is 1.38. The molecule has 10 heavy (non-hydrogen) atoms. The zero-order chi connectivity index (χ0) is 7.98. The molecule has 0 aliphatic heterocycles. The molecule has 0 aliphatic carbocycles. The molecule has 60 valence electrons. The molecule has 2 N–H and O–H groups in total. The molecule has 0 rings (SSSR count). The van der Waals surface area contributed by atoms with Gasteiger partial charge in [0.15, 0.2) is 0 Å². The van der Waals surface area contributed by atoms with Crippen molar-refractivity contribution in [1.29, 1.82) is 0 Å². The standard InChI is InChI=1S/C7H14O3/c1-2-6(9)5-7(10)3-4-8/h4,6-7,9-10H,2-3,5H2,1H3. The van der Waals surface area contributed by atoms with E-state index in [1.54, 1.807) is 0 Å². The van der Waals surface area contributed by atoms with Crippen LogP contribution in [-0.4, -0.2) is 28.7 Å². The first-order chi connectivity index (χ1) is 4.70. The first kappa shape index (κ1) is 9.59. The summed E-state index contributed by atoms with van der Waals surface area (Å²) in [7, 11) is 0. The predicted octanol–water partition coefficient (Wildman–Crippen LogP) is 0.0973. The van der Waals surface area contributed by atoms with E-state index in [2.05, 4.69) is 0 Å². The van der Waals surface area contributed by atoms with Crippen LogP contribution in [0, 0.1) is 0 Å². The number of aldehydes is 1. The smallest absolute Gasteiger partial charge is 0.122 e. The van der Waals surface area contributed by atoms with Crippen molar-refractivity contribution in [2.45, 2.75) is 38.4 Å². The lowest BCUT2D eigenvalue weighted by Crippen LogP contribution is -2.16. The number of aliphatic hydroxyl groups excluding tert-OH is 2. The number of aliphatic hydroxyl groups is 2. The van der Waals surface area contributed by atoms with Crippen molar-refractivity contribution in [1.82, 2.24) is 0 Å². The van der Waals surface area contributed by atoms with Gasteiger partial charge in [-0.2, -0.15) is 0 Å². The van der Waals surface area contributed by atoms with Gasteiger partial charge in [-0.3, -0.25) is 0 Å². The first-order valence-electron chi connectivity index (χ1n) is 3.50. The molecule has 0 aromatic rings. The molecule has 0 saturated heterocycles. The highest BCUT2D eigenvalue weighted by Gasteiger charge is 2.08. The molecule has 0 saturated carbocycles. The van der Waals surface area contributed by atoms with Crippen LogP contribution in [0.3, 0.4) is 0 Å². The fraction of sp³-hybridized carbons (Fsp3) is 0.857. The molecule has 0 bridgehead atoms. The minimum absolute atomic E-state index is 0.122. The number of carbonyl (C=O) groups is 1. The second kappa shape index (κ2) is 5.38. The summed E-state index contributed by atoms with van der Waals surface area (Å²) in [6.07, 6.45) is 0.553. The Morgan fingerprint density at radius 2 is 2.00 bits per heavy atom. The summed E-state index contributed by atoms with van der Waals surface area (Å²) in [6.45, 7) is 1.83. The summed E-state index contributed by atoms with van der Waals surface area (Å²) in [5.41, 5.74) is 0. The van der Waals surface area contributed by atoms with Crippen LogP contribution in [0.25, 0.3) is 0 Å². The average Bonchev–Trinajstić information content (AvgIpc) is 1.88. The molecule has 3 heteroatoms. The largest absolute Gasteiger partial charge is 0.393 e. The lowest BCUT2D eigenvalue weighted by atomic mass is 10.1. The molecule has 0 heterocycles. The van der Waals surface area contributed by atoms with Crippen molar-refractivity contribution >= 4 is 6.29 Å². The van der Waals surface area contributed by atoms with E-state index in [9.17, 15) is 4.79 Å². The van der Waals surface area contributed by atoms with E-state index in [1.807, 2.05) is 6.92 Å². The molecule has 2 atom stereocenters. The van der Waals surface area contributed by atoms with E-state index >= 15 is 0 Å². The minimum Gasteiger partial charge on any atom is -0.393 e. The van der Waals surface area contributed by atoms with Crippen LogP contribution in [-0.2, 0) is 4.79 Å². The summed E-state index contributed by atoms with van der Waals surface area (Å²) in [4.78, 5) is 9.84. The van der Waals surface area contributed by atoms with Crippen LogP contribution < -0.4 is 0 Å². The number of hydrogen-bond donors (Lipinski definition) is 2. The predicted molar refractivity (Wildman–Crippen MR) is 37.6 cm³/mol. The summed E-state index contributed by atoms with van der Waals surface area (Å²) in [6, 6.07) is 0. The number of rotatable bonds is 5. The van der Waals surface area contributed by atoms with Crippen molar-refractivity contribution in [3.8, 4) is 0 Å².